The van der Waals surface area contributed by atoms with Gasteiger partial charge in [-0.05, 0) is 31.1 Å². The highest BCUT2D eigenvalue weighted by Gasteiger charge is 2.64. The summed E-state index contributed by atoms with van der Waals surface area (Å²) >= 11 is 0. The van der Waals surface area contributed by atoms with Crippen LogP contribution in [-0.2, 0) is 0 Å². The second kappa shape index (κ2) is 1.76. The Morgan fingerprint density at radius 3 is 2.30 bits per heavy atom. The molecule has 1 heteroatoms. The molecule has 10 heavy (non-hydrogen) atoms. The Bertz CT molecular complexity index is 131. The van der Waals surface area contributed by atoms with Crippen molar-refractivity contribution in [2.24, 2.45) is 11.1 Å². The lowest BCUT2D eigenvalue weighted by atomic mass is 9.38. The molecule has 1 nitrogen and oxygen atoms in total. The fourth-order valence-electron chi connectivity index (χ4n) is 2.90. The first-order chi connectivity index (χ1) is 4.68. The molecular weight excluding hydrogens is 122 g/mol. The average Bonchev–Trinajstić information content (AvgIpc) is 1.75. The summed E-state index contributed by atoms with van der Waals surface area (Å²) in [6.07, 6.45) is 8.21. The third-order valence-electron chi connectivity index (χ3n) is 3.24. The second-order valence-electron chi connectivity index (χ2n) is 4.50. The van der Waals surface area contributed by atoms with E-state index >= 15 is 0 Å². The molecule has 0 unspecified atom stereocenters. The summed E-state index contributed by atoms with van der Waals surface area (Å²) in [5, 5.41) is 0. The minimum Gasteiger partial charge on any atom is -0.325 e. The third kappa shape index (κ3) is 0.731. The molecular formula is C9H17N. The molecule has 2 N–H and O–H groups in total. The fourth-order valence-corrected chi connectivity index (χ4v) is 2.90. The van der Waals surface area contributed by atoms with Crippen LogP contribution in [-0.4, -0.2) is 5.54 Å². The highest BCUT2D eigenvalue weighted by molar-refractivity contribution is 5.20. The van der Waals surface area contributed by atoms with Gasteiger partial charge in [-0.1, -0.05) is 19.8 Å². The van der Waals surface area contributed by atoms with Crippen molar-refractivity contribution in [1.29, 1.82) is 0 Å². The number of hydrogen-bond acceptors (Lipinski definition) is 1. The van der Waals surface area contributed by atoms with E-state index < -0.39 is 0 Å². The normalized spacial score (nSPS) is 49.8. The SMILES string of the molecule is CCCCC12CC(N)(C1)C2. The maximum absolute atomic E-state index is 5.94. The summed E-state index contributed by atoms with van der Waals surface area (Å²) in [7, 11) is 0. The topological polar surface area (TPSA) is 26.0 Å². The van der Waals surface area contributed by atoms with Crippen molar-refractivity contribution in [1.82, 2.24) is 0 Å². The summed E-state index contributed by atoms with van der Waals surface area (Å²) in [4.78, 5) is 0. The van der Waals surface area contributed by atoms with E-state index in [1.807, 2.05) is 0 Å². The van der Waals surface area contributed by atoms with Crippen LogP contribution in [0, 0.1) is 5.41 Å². The van der Waals surface area contributed by atoms with E-state index in [-0.39, 0.29) is 0 Å². The monoisotopic (exact) mass is 139 g/mol. The van der Waals surface area contributed by atoms with Crippen molar-refractivity contribution in [3.8, 4) is 0 Å². The predicted octanol–water partition coefficient (Wildman–Crippen LogP) is 2.06. The van der Waals surface area contributed by atoms with Crippen molar-refractivity contribution in [3.63, 3.8) is 0 Å². The van der Waals surface area contributed by atoms with Crippen LogP contribution in [0.25, 0.3) is 0 Å². The van der Waals surface area contributed by atoms with Gasteiger partial charge in [-0.2, -0.15) is 0 Å². The van der Waals surface area contributed by atoms with E-state index in [1.54, 1.807) is 0 Å². The molecule has 0 amide bonds. The molecule has 0 radical (unpaired) electrons. The van der Waals surface area contributed by atoms with Crippen LogP contribution in [0.3, 0.4) is 0 Å². The fraction of sp³-hybridized carbons (Fsp3) is 1.00. The first kappa shape index (κ1) is 6.66. The molecule has 0 saturated heterocycles. The standard InChI is InChI=1S/C9H17N/c1-2-3-4-8-5-9(10,6-8)7-8/h2-7,10H2,1H3. The Morgan fingerprint density at radius 1 is 1.30 bits per heavy atom. The van der Waals surface area contributed by atoms with Crippen LogP contribution in [0.15, 0.2) is 0 Å². The zero-order valence-electron chi connectivity index (χ0n) is 6.82. The average molecular weight is 139 g/mol. The molecule has 3 fully saturated rings. The molecule has 2 bridgehead atoms. The van der Waals surface area contributed by atoms with Crippen molar-refractivity contribution >= 4 is 0 Å². The molecule has 0 aromatic rings. The molecule has 0 aromatic heterocycles. The molecule has 0 heterocycles. The van der Waals surface area contributed by atoms with Crippen LogP contribution in [0.2, 0.25) is 0 Å². The largest absolute Gasteiger partial charge is 0.325 e. The Kier molecular flexibility index (Phi) is 1.17. The first-order valence-corrected chi connectivity index (χ1v) is 4.47. The molecule has 3 aliphatic carbocycles. The maximum Gasteiger partial charge on any atom is 0.0170 e. The zero-order valence-corrected chi connectivity index (χ0v) is 6.82. The Hall–Kier alpha value is -0.0400. The van der Waals surface area contributed by atoms with Gasteiger partial charge in [-0.15, -0.1) is 0 Å². The van der Waals surface area contributed by atoms with Crippen molar-refractivity contribution in [2.45, 2.75) is 51.0 Å². The number of unbranched alkanes of at least 4 members (excludes halogenated alkanes) is 1. The summed E-state index contributed by atoms with van der Waals surface area (Å²) in [5.74, 6) is 0. The second-order valence-corrected chi connectivity index (χ2v) is 4.50. The van der Waals surface area contributed by atoms with Crippen LogP contribution >= 0.6 is 0 Å². The van der Waals surface area contributed by atoms with E-state index in [0.29, 0.717) is 5.54 Å². The highest BCUT2D eigenvalue weighted by atomic mass is 14.9. The van der Waals surface area contributed by atoms with Gasteiger partial charge in [0.2, 0.25) is 0 Å². The van der Waals surface area contributed by atoms with Gasteiger partial charge in [0.15, 0.2) is 0 Å². The molecule has 3 rings (SSSR count). The van der Waals surface area contributed by atoms with Crippen LogP contribution in [0.4, 0.5) is 0 Å². The molecule has 3 aliphatic rings. The molecule has 58 valence electrons. The van der Waals surface area contributed by atoms with E-state index in [1.165, 1.54) is 38.5 Å². The Balaban J connectivity index is 1.77. The molecule has 3 saturated carbocycles. The van der Waals surface area contributed by atoms with Crippen LogP contribution in [0.5, 0.6) is 0 Å². The van der Waals surface area contributed by atoms with Crippen LogP contribution in [0.1, 0.15) is 45.4 Å². The number of hydrogen-bond donors (Lipinski definition) is 1. The number of nitrogens with two attached hydrogens (primary N) is 1. The summed E-state index contributed by atoms with van der Waals surface area (Å²) in [6.45, 7) is 2.27. The first-order valence-electron chi connectivity index (χ1n) is 4.47. The van der Waals surface area contributed by atoms with Gasteiger partial charge in [0, 0.05) is 5.54 Å². The molecule has 0 aromatic carbocycles. The van der Waals surface area contributed by atoms with E-state index in [2.05, 4.69) is 6.92 Å². The smallest absolute Gasteiger partial charge is 0.0170 e. The molecule has 0 aliphatic heterocycles. The van der Waals surface area contributed by atoms with Crippen molar-refractivity contribution in [3.05, 3.63) is 0 Å². The van der Waals surface area contributed by atoms with Gasteiger partial charge < -0.3 is 5.73 Å². The zero-order chi connectivity index (χ0) is 7.24. The lowest BCUT2D eigenvalue weighted by molar-refractivity contribution is -0.137. The predicted molar refractivity (Wildman–Crippen MR) is 42.7 cm³/mol. The van der Waals surface area contributed by atoms with Gasteiger partial charge in [0.05, 0.1) is 0 Å². The third-order valence-corrected chi connectivity index (χ3v) is 3.24. The van der Waals surface area contributed by atoms with E-state index in [0.717, 1.165) is 5.41 Å². The Morgan fingerprint density at radius 2 is 1.90 bits per heavy atom. The maximum atomic E-state index is 5.94. The van der Waals surface area contributed by atoms with E-state index in [4.69, 9.17) is 5.73 Å². The highest BCUT2D eigenvalue weighted by Crippen LogP contribution is 2.67. The van der Waals surface area contributed by atoms with Gasteiger partial charge in [-0.25, -0.2) is 0 Å². The minimum absolute atomic E-state index is 0.327. The quantitative estimate of drug-likeness (QED) is 0.636. The van der Waals surface area contributed by atoms with Gasteiger partial charge in [-0.3, -0.25) is 0 Å². The van der Waals surface area contributed by atoms with Crippen LogP contribution < -0.4 is 5.73 Å². The number of rotatable bonds is 3. The lowest BCUT2D eigenvalue weighted by Gasteiger charge is -2.69. The van der Waals surface area contributed by atoms with Crippen molar-refractivity contribution in [2.75, 3.05) is 0 Å². The van der Waals surface area contributed by atoms with Gasteiger partial charge in [0.25, 0.3) is 0 Å². The molecule has 0 atom stereocenters. The molecule has 0 spiro atoms. The van der Waals surface area contributed by atoms with Crippen molar-refractivity contribution < 1.29 is 0 Å². The van der Waals surface area contributed by atoms with Gasteiger partial charge >= 0.3 is 0 Å². The van der Waals surface area contributed by atoms with Gasteiger partial charge in [0.1, 0.15) is 0 Å². The summed E-state index contributed by atoms with van der Waals surface area (Å²) in [5.41, 5.74) is 7.03. The summed E-state index contributed by atoms with van der Waals surface area (Å²) in [6, 6.07) is 0. The Labute approximate surface area is 63.0 Å². The lowest BCUT2D eigenvalue weighted by Crippen LogP contribution is -2.71. The van der Waals surface area contributed by atoms with E-state index in [9.17, 15) is 0 Å². The minimum atomic E-state index is 0.327. The summed E-state index contributed by atoms with van der Waals surface area (Å²) < 4.78 is 0.